The zero-order chi connectivity index (χ0) is 19.3. The van der Waals surface area contributed by atoms with E-state index in [1.807, 2.05) is 0 Å². The van der Waals surface area contributed by atoms with Gasteiger partial charge in [0.2, 0.25) is 5.16 Å². The molecule has 8 nitrogen and oxygen atoms in total. The fourth-order valence-corrected chi connectivity index (χ4v) is 3.72. The predicted octanol–water partition coefficient (Wildman–Crippen LogP) is 2.09. The Morgan fingerprint density at radius 1 is 1.15 bits per heavy atom. The van der Waals surface area contributed by atoms with Gasteiger partial charge in [-0.2, -0.15) is 0 Å². The maximum absolute atomic E-state index is 12.4. The molecule has 3 heterocycles. The minimum Gasteiger partial charge on any atom is -0.335 e. The van der Waals surface area contributed by atoms with Crippen LogP contribution >= 0.6 is 11.6 Å². The van der Waals surface area contributed by atoms with Crippen molar-refractivity contribution >= 4 is 45.2 Å². The standard InChI is InChI=1S/C17H13ClN4O4S/c1-21-7-9(12-13(18)19-17(27(2)25)20-14(12)21)8-26-22-15(23)10-5-3-4-6-11(10)16(22)24/h3-7H,8H2,1-2H3. The number of halogens is 1. The molecule has 2 aromatic heterocycles. The second-order valence-electron chi connectivity index (χ2n) is 5.94. The monoisotopic (exact) mass is 404 g/mol. The molecule has 4 rings (SSSR count). The van der Waals surface area contributed by atoms with Crippen LogP contribution in [0.2, 0.25) is 5.15 Å². The van der Waals surface area contributed by atoms with Crippen LogP contribution in [0.3, 0.4) is 0 Å². The number of hydrogen-bond donors (Lipinski definition) is 0. The molecule has 0 saturated carbocycles. The van der Waals surface area contributed by atoms with Crippen LogP contribution in [0.1, 0.15) is 26.3 Å². The van der Waals surface area contributed by atoms with Crippen molar-refractivity contribution in [3.05, 3.63) is 52.3 Å². The van der Waals surface area contributed by atoms with E-state index in [1.165, 1.54) is 6.26 Å². The molecule has 27 heavy (non-hydrogen) atoms. The third-order valence-electron chi connectivity index (χ3n) is 4.19. The summed E-state index contributed by atoms with van der Waals surface area (Å²) in [5, 5.41) is 1.52. The zero-order valence-corrected chi connectivity index (χ0v) is 15.9. The number of hydrogen-bond acceptors (Lipinski definition) is 6. The molecule has 1 aliphatic heterocycles. The Kier molecular flexibility index (Phi) is 4.29. The highest BCUT2D eigenvalue weighted by molar-refractivity contribution is 7.84. The first-order valence-corrected chi connectivity index (χ1v) is 9.77. The SMILES string of the molecule is Cn1cc(CON2C(=O)c3ccccc3C2=O)c2c(Cl)nc(S(C)=O)nc21. The number of rotatable bonds is 4. The van der Waals surface area contributed by atoms with Crippen molar-refractivity contribution in [3.8, 4) is 0 Å². The number of benzene rings is 1. The van der Waals surface area contributed by atoms with E-state index in [2.05, 4.69) is 9.97 Å². The summed E-state index contributed by atoms with van der Waals surface area (Å²) in [6.45, 7) is -0.0829. The van der Waals surface area contributed by atoms with Crippen LogP contribution in [-0.2, 0) is 29.3 Å². The second kappa shape index (κ2) is 6.52. The molecule has 1 aliphatic rings. The Morgan fingerprint density at radius 3 is 2.37 bits per heavy atom. The number of hydroxylamine groups is 2. The molecule has 0 spiro atoms. The first-order valence-electron chi connectivity index (χ1n) is 7.84. The number of amides is 2. The van der Waals surface area contributed by atoms with Gasteiger partial charge in [-0.05, 0) is 12.1 Å². The lowest BCUT2D eigenvalue weighted by atomic mass is 10.1. The van der Waals surface area contributed by atoms with E-state index >= 15 is 0 Å². The lowest BCUT2D eigenvalue weighted by molar-refractivity contribution is -0.100. The van der Waals surface area contributed by atoms with Crippen molar-refractivity contribution < 1.29 is 18.6 Å². The average Bonchev–Trinajstić information content (AvgIpc) is 3.09. The number of imide groups is 1. The average molecular weight is 405 g/mol. The first kappa shape index (κ1) is 17.8. The molecule has 1 atom stereocenters. The molecule has 1 unspecified atom stereocenters. The van der Waals surface area contributed by atoms with Crippen molar-refractivity contribution in [3.63, 3.8) is 0 Å². The molecule has 0 N–H and O–H groups in total. The van der Waals surface area contributed by atoms with Crippen molar-refractivity contribution in [2.45, 2.75) is 11.8 Å². The van der Waals surface area contributed by atoms with E-state index in [9.17, 15) is 13.8 Å². The van der Waals surface area contributed by atoms with Gasteiger partial charge in [0.05, 0.1) is 27.3 Å². The van der Waals surface area contributed by atoms with Crippen LogP contribution in [0.5, 0.6) is 0 Å². The van der Waals surface area contributed by atoms with Gasteiger partial charge < -0.3 is 4.57 Å². The van der Waals surface area contributed by atoms with Crippen LogP contribution in [0.25, 0.3) is 11.0 Å². The zero-order valence-electron chi connectivity index (χ0n) is 14.3. The molecule has 3 aromatic rings. The van der Waals surface area contributed by atoms with Gasteiger partial charge in [-0.1, -0.05) is 23.7 Å². The van der Waals surface area contributed by atoms with Crippen molar-refractivity contribution in [2.24, 2.45) is 7.05 Å². The van der Waals surface area contributed by atoms with Crippen LogP contribution in [0.15, 0.2) is 35.6 Å². The largest absolute Gasteiger partial charge is 0.335 e. The molecule has 2 amide bonds. The number of carbonyl (C=O) groups excluding carboxylic acids is 2. The Bertz CT molecular complexity index is 1110. The summed E-state index contributed by atoms with van der Waals surface area (Å²) in [5.41, 5.74) is 1.69. The van der Waals surface area contributed by atoms with E-state index in [0.29, 0.717) is 27.7 Å². The van der Waals surface area contributed by atoms with E-state index in [-0.39, 0.29) is 16.9 Å². The summed E-state index contributed by atoms with van der Waals surface area (Å²) < 4.78 is 13.3. The minimum atomic E-state index is -1.38. The Morgan fingerprint density at radius 2 is 1.78 bits per heavy atom. The molecule has 0 saturated heterocycles. The van der Waals surface area contributed by atoms with Gasteiger partial charge in [0, 0.05) is 25.1 Å². The molecular weight excluding hydrogens is 392 g/mol. The highest BCUT2D eigenvalue weighted by atomic mass is 35.5. The Hall–Kier alpha value is -2.62. The fraction of sp³-hybridized carbons (Fsp3) is 0.176. The van der Waals surface area contributed by atoms with Gasteiger partial charge >= 0.3 is 0 Å². The van der Waals surface area contributed by atoms with E-state index < -0.39 is 22.6 Å². The minimum absolute atomic E-state index is 0.0829. The van der Waals surface area contributed by atoms with Gasteiger partial charge in [-0.15, -0.1) is 5.06 Å². The van der Waals surface area contributed by atoms with Gasteiger partial charge in [-0.25, -0.2) is 9.97 Å². The van der Waals surface area contributed by atoms with Gasteiger partial charge in [0.15, 0.2) is 0 Å². The maximum atomic E-state index is 12.4. The lowest BCUT2D eigenvalue weighted by Gasteiger charge is -2.13. The fourth-order valence-electron chi connectivity index (χ4n) is 2.95. The van der Waals surface area contributed by atoms with Crippen molar-refractivity contribution in [1.82, 2.24) is 19.6 Å². The molecule has 0 radical (unpaired) electrons. The molecule has 0 fully saturated rings. The van der Waals surface area contributed by atoms with Gasteiger partial charge in [0.25, 0.3) is 11.8 Å². The number of carbonyl (C=O) groups is 2. The third-order valence-corrected chi connectivity index (χ3v) is 5.16. The summed E-state index contributed by atoms with van der Waals surface area (Å²) >= 11 is 6.25. The molecular formula is C17H13ClN4O4S. The molecule has 0 aliphatic carbocycles. The Labute approximate surface area is 161 Å². The second-order valence-corrected chi connectivity index (χ2v) is 7.57. The van der Waals surface area contributed by atoms with Crippen molar-refractivity contribution in [2.75, 3.05) is 6.26 Å². The summed E-state index contributed by atoms with van der Waals surface area (Å²) in [6.07, 6.45) is 3.18. The van der Waals surface area contributed by atoms with Gasteiger partial charge in [0.1, 0.15) is 17.4 Å². The van der Waals surface area contributed by atoms with E-state index in [4.69, 9.17) is 16.4 Å². The lowest BCUT2D eigenvalue weighted by Crippen LogP contribution is -2.29. The molecule has 0 bridgehead atoms. The number of aromatic nitrogens is 3. The van der Waals surface area contributed by atoms with E-state index in [0.717, 1.165) is 5.06 Å². The summed E-state index contributed by atoms with van der Waals surface area (Å²) in [4.78, 5) is 38.6. The normalized spacial score (nSPS) is 14.9. The quantitative estimate of drug-likeness (QED) is 0.375. The highest BCUT2D eigenvalue weighted by Crippen LogP contribution is 2.29. The van der Waals surface area contributed by atoms with Crippen LogP contribution in [0.4, 0.5) is 0 Å². The number of aryl methyl sites for hydroxylation is 1. The molecule has 10 heteroatoms. The highest BCUT2D eigenvalue weighted by Gasteiger charge is 2.36. The van der Waals surface area contributed by atoms with Crippen LogP contribution < -0.4 is 0 Å². The number of fused-ring (bicyclic) bond motifs is 2. The number of nitrogens with zero attached hydrogens (tertiary/aromatic N) is 4. The summed E-state index contributed by atoms with van der Waals surface area (Å²) in [6, 6.07) is 6.52. The van der Waals surface area contributed by atoms with Crippen LogP contribution in [-0.4, -0.2) is 41.9 Å². The predicted molar refractivity (Wildman–Crippen MR) is 97.6 cm³/mol. The van der Waals surface area contributed by atoms with E-state index in [1.54, 1.807) is 42.1 Å². The third kappa shape index (κ3) is 2.84. The van der Waals surface area contributed by atoms with Gasteiger partial charge in [-0.3, -0.25) is 18.6 Å². The smallest absolute Gasteiger partial charge is 0.285 e. The van der Waals surface area contributed by atoms with Crippen LogP contribution in [0, 0.1) is 0 Å². The van der Waals surface area contributed by atoms with Crippen molar-refractivity contribution in [1.29, 1.82) is 0 Å². The Balaban J connectivity index is 1.65. The molecule has 1 aromatic carbocycles. The first-order chi connectivity index (χ1) is 12.9. The molecule has 138 valence electrons. The maximum Gasteiger partial charge on any atom is 0.285 e. The topological polar surface area (TPSA) is 94.4 Å². The summed E-state index contributed by atoms with van der Waals surface area (Å²) in [5.74, 6) is -1.02. The summed E-state index contributed by atoms with van der Waals surface area (Å²) in [7, 11) is 0.369.